The summed E-state index contributed by atoms with van der Waals surface area (Å²) in [4.78, 5) is 10.9. The molecule has 0 saturated carbocycles. The Morgan fingerprint density at radius 3 is 3.00 bits per heavy atom. The van der Waals surface area contributed by atoms with Gasteiger partial charge in [0.2, 0.25) is 0 Å². The monoisotopic (exact) mass is 156 g/mol. The summed E-state index contributed by atoms with van der Waals surface area (Å²) in [7, 11) is 1.37. The third-order valence-electron chi connectivity index (χ3n) is 1.60. The van der Waals surface area contributed by atoms with E-state index in [2.05, 4.69) is 4.74 Å². The molecule has 1 rings (SSSR count). The third kappa shape index (κ3) is 2.05. The predicted molar refractivity (Wildman–Crippen MR) is 40.1 cm³/mol. The Morgan fingerprint density at radius 2 is 2.45 bits per heavy atom. The molecule has 0 fully saturated rings. The summed E-state index contributed by atoms with van der Waals surface area (Å²) in [5.41, 5.74) is 0. The molecule has 0 aromatic heterocycles. The minimum Gasteiger partial charge on any atom is -0.467 e. The lowest BCUT2D eigenvalue weighted by Gasteiger charge is -2.20. The zero-order valence-electron chi connectivity index (χ0n) is 6.74. The van der Waals surface area contributed by atoms with E-state index in [-0.39, 0.29) is 12.1 Å². The van der Waals surface area contributed by atoms with Gasteiger partial charge in [0.25, 0.3) is 0 Å². The van der Waals surface area contributed by atoms with Gasteiger partial charge in [-0.3, -0.25) is 0 Å². The van der Waals surface area contributed by atoms with Crippen LogP contribution in [0.3, 0.4) is 0 Å². The summed E-state index contributed by atoms with van der Waals surface area (Å²) in [5.74, 6) is -0.291. The fourth-order valence-corrected chi connectivity index (χ4v) is 1.04. The maximum atomic E-state index is 10.9. The van der Waals surface area contributed by atoms with Gasteiger partial charge in [-0.05, 0) is 6.92 Å². The highest BCUT2D eigenvalue weighted by Crippen LogP contribution is 2.12. The minimum atomic E-state index is -0.403. The van der Waals surface area contributed by atoms with Gasteiger partial charge in [0.15, 0.2) is 6.10 Å². The van der Waals surface area contributed by atoms with Crippen LogP contribution in [0.25, 0.3) is 0 Å². The summed E-state index contributed by atoms with van der Waals surface area (Å²) >= 11 is 0. The number of hydrogen-bond donors (Lipinski definition) is 0. The molecule has 62 valence electrons. The van der Waals surface area contributed by atoms with Crippen molar-refractivity contribution in [2.45, 2.75) is 25.6 Å². The molecule has 0 unspecified atom stereocenters. The second-order valence-electron chi connectivity index (χ2n) is 2.52. The molecule has 1 aliphatic heterocycles. The van der Waals surface area contributed by atoms with Crippen molar-refractivity contribution >= 4 is 5.97 Å². The Hall–Kier alpha value is -0.830. The average molecular weight is 156 g/mol. The van der Waals surface area contributed by atoms with E-state index in [9.17, 15) is 4.79 Å². The van der Waals surface area contributed by atoms with Crippen LogP contribution in [0.2, 0.25) is 0 Å². The quantitative estimate of drug-likeness (QED) is 0.418. The highest BCUT2D eigenvalue weighted by atomic mass is 16.6. The van der Waals surface area contributed by atoms with Gasteiger partial charge < -0.3 is 9.47 Å². The van der Waals surface area contributed by atoms with Gasteiger partial charge in [-0.2, -0.15) is 0 Å². The molecule has 0 aromatic carbocycles. The fraction of sp³-hybridized carbons (Fsp3) is 0.625. The largest absolute Gasteiger partial charge is 0.467 e. The Morgan fingerprint density at radius 1 is 1.73 bits per heavy atom. The minimum absolute atomic E-state index is 0.0212. The standard InChI is InChI=1S/C8H12O3/c1-6-4-3-5-7(11-6)8(9)10-2/h3-4,6-7H,5H2,1-2H3/t6-,7+/m1/s1. The molecule has 1 heterocycles. The van der Waals surface area contributed by atoms with E-state index >= 15 is 0 Å². The van der Waals surface area contributed by atoms with E-state index in [4.69, 9.17) is 4.74 Å². The molecule has 0 saturated heterocycles. The van der Waals surface area contributed by atoms with Gasteiger partial charge in [0.1, 0.15) is 0 Å². The molecule has 0 N–H and O–H groups in total. The Kier molecular flexibility index (Phi) is 2.65. The molecular formula is C8H12O3. The van der Waals surface area contributed by atoms with Crippen LogP contribution in [0.5, 0.6) is 0 Å². The van der Waals surface area contributed by atoms with Crippen LogP contribution in [0.1, 0.15) is 13.3 Å². The topological polar surface area (TPSA) is 35.5 Å². The SMILES string of the molecule is COC(=O)[C@@H]1CC=C[C@@H](C)O1. The van der Waals surface area contributed by atoms with E-state index in [1.54, 1.807) is 0 Å². The lowest BCUT2D eigenvalue weighted by Crippen LogP contribution is -2.30. The zero-order chi connectivity index (χ0) is 8.27. The third-order valence-corrected chi connectivity index (χ3v) is 1.60. The molecule has 0 aromatic rings. The number of hydrogen-bond acceptors (Lipinski definition) is 3. The molecule has 0 spiro atoms. The number of carbonyl (C=O) groups excluding carboxylic acids is 1. The normalized spacial score (nSPS) is 30.0. The van der Waals surface area contributed by atoms with E-state index in [1.165, 1.54) is 7.11 Å². The van der Waals surface area contributed by atoms with E-state index in [0.717, 1.165) is 0 Å². The second kappa shape index (κ2) is 3.53. The highest BCUT2D eigenvalue weighted by molar-refractivity contribution is 5.74. The van der Waals surface area contributed by atoms with Crippen LogP contribution in [-0.4, -0.2) is 25.3 Å². The zero-order valence-corrected chi connectivity index (χ0v) is 6.74. The van der Waals surface area contributed by atoms with Crippen LogP contribution in [0.4, 0.5) is 0 Å². The van der Waals surface area contributed by atoms with E-state index in [0.29, 0.717) is 6.42 Å². The number of ether oxygens (including phenoxy) is 2. The van der Waals surface area contributed by atoms with Crippen molar-refractivity contribution in [2.24, 2.45) is 0 Å². The van der Waals surface area contributed by atoms with Crippen molar-refractivity contribution in [3.8, 4) is 0 Å². The van der Waals surface area contributed by atoms with Gasteiger partial charge in [-0.1, -0.05) is 12.2 Å². The average Bonchev–Trinajstić information content (AvgIpc) is 2.03. The van der Waals surface area contributed by atoms with Crippen molar-refractivity contribution in [2.75, 3.05) is 7.11 Å². The van der Waals surface area contributed by atoms with Crippen LogP contribution in [-0.2, 0) is 14.3 Å². The van der Waals surface area contributed by atoms with Gasteiger partial charge in [0, 0.05) is 6.42 Å². The molecular weight excluding hydrogens is 144 g/mol. The predicted octanol–water partition coefficient (Wildman–Crippen LogP) is 0.893. The molecule has 0 amide bonds. The van der Waals surface area contributed by atoms with Crippen LogP contribution >= 0.6 is 0 Å². The summed E-state index contributed by atoms with van der Waals surface area (Å²) < 4.78 is 9.82. The molecule has 2 atom stereocenters. The molecule has 1 aliphatic rings. The first-order valence-electron chi connectivity index (χ1n) is 3.64. The second-order valence-corrected chi connectivity index (χ2v) is 2.52. The molecule has 0 bridgehead atoms. The summed E-state index contributed by atoms with van der Waals surface area (Å²) in [5, 5.41) is 0. The Bertz CT molecular complexity index is 174. The first-order valence-corrected chi connectivity index (χ1v) is 3.64. The summed E-state index contributed by atoms with van der Waals surface area (Å²) in [6.45, 7) is 1.89. The molecule has 0 aliphatic carbocycles. The molecule has 11 heavy (non-hydrogen) atoms. The van der Waals surface area contributed by atoms with Gasteiger partial charge in [0.05, 0.1) is 13.2 Å². The van der Waals surface area contributed by atoms with Gasteiger partial charge in [-0.15, -0.1) is 0 Å². The molecule has 0 radical (unpaired) electrons. The smallest absolute Gasteiger partial charge is 0.335 e. The maximum absolute atomic E-state index is 10.9. The van der Waals surface area contributed by atoms with Gasteiger partial charge in [-0.25, -0.2) is 4.79 Å². The van der Waals surface area contributed by atoms with Gasteiger partial charge >= 0.3 is 5.97 Å². The number of carbonyl (C=O) groups is 1. The summed E-state index contributed by atoms with van der Waals surface area (Å²) in [6.07, 6.45) is 4.11. The van der Waals surface area contributed by atoms with Crippen molar-refractivity contribution in [1.82, 2.24) is 0 Å². The van der Waals surface area contributed by atoms with E-state index in [1.807, 2.05) is 19.1 Å². The summed E-state index contributed by atoms with van der Waals surface area (Å²) in [6, 6.07) is 0. The maximum Gasteiger partial charge on any atom is 0.335 e. The van der Waals surface area contributed by atoms with E-state index < -0.39 is 6.10 Å². The Balaban J connectivity index is 2.49. The highest BCUT2D eigenvalue weighted by Gasteiger charge is 2.22. The van der Waals surface area contributed by atoms with Crippen molar-refractivity contribution in [1.29, 1.82) is 0 Å². The molecule has 3 nitrogen and oxygen atoms in total. The first kappa shape index (κ1) is 8.27. The number of esters is 1. The number of methoxy groups -OCH3 is 1. The lowest BCUT2D eigenvalue weighted by molar-refractivity contribution is -0.156. The lowest BCUT2D eigenvalue weighted by atomic mass is 10.1. The van der Waals surface area contributed by atoms with Crippen molar-refractivity contribution in [3.05, 3.63) is 12.2 Å². The first-order chi connectivity index (χ1) is 5.24. The fourth-order valence-electron chi connectivity index (χ4n) is 1.04. The molecule has 3 heteroatoms. The van der Waals surface area contributed by atoms with Crippen LogP contribution in [0.15, 0.2) is 12.2 Å². The van der Waals surface area contributed by atoms with Crippen molar-refractivity contribution < 1.29 is 14.3 Å². The number of rotatable bonds is 1. The van der Waals surface area contributed by atoms with Crippen molar-refractivity contribution in [3.63, 3.8) is 0 Å². The van der Waals surface area contributed by atoms with Crippen LogP contribution in [0, 0.1) is 0 Å². The Labute approximate surface area is 66.0 Å². The van der Waals surface area contributed by atoms with Crippen LogP contribution < -0.4 is 0 Å².